The average Bonchev–Trinajstić information content (AvgIpc) is 3.33. The molecule has 0 radical (unpaired) electrons. The Kier molecular flexibility index (Phi) is 7.93. The van der Waals surface area contributed by atoms with Crippen LogP contribution in [0, 0.1) is 0 Å². The summed E-state index contributed by atoms with van der Waals surface area (Å²) in [6.07, 6.45) is 1.75. The Morgan fingerprint density at radius 3 is 2.47 bits per heavy atom. The molecule has 2 aromatic carbocycles. The summed E-state index contributed by atoms with van der Waals surface area (Å²) in [7, 11) is 0. The van der Waals surface area contributed by atoms with Gasteiger partial charge in [-0.25, -0.2) is 4.79 Å². The number of carbonyl (C=O) groups excluding carboxylic acids is 2. The summed E-state index contributed by atoms with van der Waals surface area (Å²) in [6.45, 7) is 6.60. The number of ether oxygens (including phenoxy) is 1. The number of aromatic nitrogens is 2. The summed E-state index contributed by atoms with van der Waals surface area (Å²) in [6, 6.07) is 20.0. The number of H-pyrrole nitrogens is 1. The molecule has 2 N–H and O–H groups in total. The number of aryl methyl sites for hydroxylation is 1. The molecule has 3 aromatic rings. The van der Waals surface area contributed by atoms with Crippen LogP contribution in [0.25, 0.3) is 0 Å². The van der Waals surface area contributed by atoms with Crippen LogP contribution in [0.1, 0.15) is 35.1 Å². The van der Waals surface area contributed by atoms with E-state index in [-0.39, 0.29) is 18.2 Å². The summed E-state index contributed by atoms with van der Waals surface area (Å²) in [4.78, 5) is 29.1. The number of amides is 1. The molecule has 0 spiro atoms. The number of hydrogen-bond donors (Lipinski definition) is 2. The minimum Gasteiger partial charge on any atom is -0.451 e. The molecule has 1 aliphatic heterocycles. The Morgan fingerprint density at radius 1 is 1.03 bits per heavy atom. The van der Waals surface area contributed by atoms with Gasteiger partial charge in [0.15, 0.2) is 12.3 Å². The molecule has 0 saturated carbocycles. The number of anilines is 2. The van der Waals surface area contributed by atoms with Gasteiger partial charge in [0.05, 0.1) is 0 Å². The van der Waals surface area contributed by atoms with Crippen molar-refractivity contribution in [2.75, 3.05) is 43.0 Å². The molecule has 1 amide bonds. The number of esters is 1. The van der Waals surface area contributed by atoms with Crippen LogP contribution < -0.4 is 10.2 Å². The molecule has 1 aliphatic rings. The van der Waals surface area contributed by atoms with Crippen LogP contribution >= 0.6 is 0 Å². The van der Waals surface area contributed by atoms with E-state index < -0.39 is 5.97 Å². The monoisotopic (exact) mass is 461 g/mol. The second kappa shape index (κ2) is 11.5. The highest BCUT2D eigenvalue weighted by Crippen LogP contribution is 2.20. The van der Waals surface area contributed by atoms with Gasteiger partial charge in [0.1, 0.15) is 0 Å². The van der Waals surface area contributed by atoms with Gasteiger partial charge >= 0.3 is 5.97 Å². The first kappa shape index (κ1) is 23.5. The van der Waals surface area contributed by atoms with Crippen molar-refractivity contribution in [3.8, 4) is 0 Å². The van der Waals surface area contributed by atoms with E-state index in [0.29, 0.717) is 5.69 Å². The topological polar surface area (TPSA) is 90.6 Å². The maximum absolute atomic E-state index is 12.2. The van der Waals surface area contributed by atoms with Gasteiger partial charge in [0.2, 0.25) is 0 Å². The Balaban J connectivity index is 1.20. The van der Waals surface area contributed by atoms with Crippen LogP contribution in [-0.2, 0) is 22.5 Å². The number of benzene rings is 2. The third kappa shape index (κ3) is 6.45. The lowest BCUT2D eigenvalue weighted by molar-refractivity contribution is -0.119. The molecule has 1 saturated heterocycles. The molecule has 0 bridgehead atoms. The summed E-state index contributed by atoms with van der Waals surface area (Å²) in [5.74, 6) is -1.00. The molecule has 8 heteroatoms. The van der Waals surface area contributed by atoms with Gasteiger partial charge in [-0.15, -0.1) is 0 Å². The smallest absolute Gasteiger partial charge is 0.359 e. The van der Waals surface area contributed by atoms with Gasteiger partial charge in [-0.1, -0.05) is 43.7 Å². The molecular formula is C26H31N5O3. The molecular weight excluding hydrogens is 430 g/mol. The zero-order valence-corrected chi connectivity index (χ0v) is 19.5. The van der Waals surface area contributed by atoms with Crippen LogP contribution in [0.15, 0.2) is 60.7 Å². The Morgan fingerprint density at radius 2 is 1.76 bits per heavy atom. The van der Waals surface area contributed by atoms with Crippen molar-refractivity contribution in [3.05, 3.63) is 77.6 Å². The lowest BCUT2D eigenvalue weighted by Gasteiger charge is -2.36. The summed E-state index contributed by atoms with van der Waals surface area (Å²) in [5.41, 5.74) is 4.19. The van der Waals surface area contributed by atoms with E-state index in [9.17, 15) is 9.59 Å². The molecule has 178 valence electrons. The average molecular weight is 462 g/mol. The van der Waals surface area contributed by atoms with E-state index in [1.54, 1.807) is 6.07 Å². The van der Waals surface area contributed by atoms with Gasteiger partial charge in [-0.3, -0.25) is 14.8 Å². The minimum atomic E-state index is -0.615. The van der Waals surface area contributed by atoms with Gasteiger partial charge in [0.25, 0.3) is 5.91 Å². The first-order valence-electron chi connectivity index (χ1n) is 11.7. The number of nitrogens with zero attached hydrogens (tertiary/aromatic N) is 3. The number of aromatic amines is 1. The molecule has 2 heterocycles. The minimum absolute atomic E-state index is 0.185. The molecule has 34 heavy (non-hydrogen) atoms. The van der Waals surface area contributed by atoms with Crippen molar-refractivity contribution in [2.24, 2.45) is 0 Å². The van der Waals surface area contributed by atoms with Gasteiger partial charge in [0, 0.05) is 49.8 Å². The predicted molar refractivity (Wildman–Crippen MR) is 132 cm³/mol. The summed E-state index contributed by atoms with van der Waals surface area (Å²) >= 11 is 0. The number of hydrogen-bond acceptors (Lipinski definition) is 6. The Hall–Kier alpha value is -3.65. The van der Waals surface area contributed by atoms with E-state index in [0.717, 1.165) is 56.9 Å². The van der Waals surface area contributed by atoms with E-state index in [2.05, 4.69) is 49.6 Å². The van der Waals surface area contributed by atoms with E-state index >= 15 is 0 Å². The van der Waals surface area contributed by atoms with E-state index in [1.165, 1.54) is 5.56 Å². The molecule has 1 fully saturated rings. The number of carbonyl (C=O) groups is 2. The third-order valence-electron chi connectivity index (χ3n) is 5.83. The highest BCUT2D eigenvalue weighted by atomic mass is 16.5. The SMILES string of the molecule is CCCc1cc(C(=O)OCC(=O)Nc2ccc(N3CCN(Cc4ccccc4)CC3)cc2)n[nH]1. The fraction of sp³-hybridized carbons (Fsp3) is 0.346. The third-order valence-corrected chi connectivity index (χ3v) is 5.83. The van der Waals surface area contributed by atoms with Gasteiger partial charge < -0.3 is 15.0 Å². The molecule has 0 unspecified atom stereocenters. The standard InChI is InChI=1S/C26H31N5O3/c1-2-6-22-17-24(29-28-22)26(33)34-19-25(32)27-21-9-11-23(12-10-21)31-15-13-30(14-16-31)18-20-7-4-3-5-8-20/h3-5,7-12,17H,2,6,13-16,18-19H2,1H3,(H,27,32)(H,28,29). The van der Waals surface area contributed by atoms with Crippen LogP contribution in [-0.4, -0.2) is 59.8 Å². The number of rotatable bonds is 9. The fourth-order valence-corrected chi connectivity index (χ4v) is 4.03. The fourth-order valence-electron chi connectivity index (χ4n) is 4.03. The van der Waals surface area contributed by atoms with Crippen molar-refractivity contribution >= 4 is 23.3 Å². The lowest BCUT2D eigenvalue weighted by atomic mass is 10.2. The first-order valence-corrected chi connectivity index (χ1v) is 11.7. The number of nitrogens with one attached hydrogen (secondary N) is 2. The number of piperazine rings is 1. The van der Waals surface area contributed by atoms with E-state index in [1.807, 2.05) is 37.3 Å². The quantitative estimate of drug-likeness (QED) is 0.474. The van der Waals surface area contributed by atoms with Gasteiger partial charge in [-0.2, -0.15) is 5.10 Å². The van der Waals surface area contributed by atoms with Crippen LogP contribution in [0.2, 0.25) is 0 Å². The Bertz CT molecular complexity index is 1070. The van der Waals surface area contributed by atoms with Crippen LogP contribution in [0.3, 0.4) is 0 Å². The first-order chi connectivity index (χ1) is 16.6. The predicted octanol–water partition coefficient (Wildman–Crippen LogP) is 3.48. The van der Waals surface area contributed by atoms with Crippen molar-refractivity contribution in [1.29, 1.82) is 0 Å². The molecule has 0 atom stereocenters. The maximum Gasteiger partial charge on any atom is 0.359 e. The Labute approximate surface area is 199 Å². The lowest BCUT2D eigenvalue weighted by Crippen LogP contribution is -2.45. The van der Waals surface area contributed by atoms with Crippen LogP contribution in [0.5, 0.6) is 0 Å². The van der Waals surface area contributed by atoms with Crippen molar-refractivity contribution < 1.29 is 14.3 Å². The summed E-state index contributed by atoms with van der Waals surface area (Å²) < 4.78 is 5.08. The van der Waals surface area contributed by atoms with Crippen molar-refractivity contribution in [2.45, 2.75) is 26.3 Å². The highest BCUT2D eigenvalue weighted by molar-refractivity contribution is 5.95. The van der Waals surface area contributed by atoms with Crippen molar-refractivity contribution in [3.63, 3.8) is 0 Å². The molecule has 8 nitrogen and oxygen atoms in total. The molecule has 1 aromatic heterocycles. The largest absolute Gasteiger partial charge is 0.451 e. The van der Waals surface area contributed by atoms with Gasteiger partial charge in [-0.05, 0) is 42.3 Å². The van der Waals surface area contributed by atoms with Crippen molar-refractivity contribution in [1.82, 2.24) is 15.1 Å². The second-order valence-electron chi connectivity index (χ2n) is 8.45. The summed E-state index contributed by atoms with van der Waals surface area (Å²) in [5, 5.41) is 9.51. The van der Waals surface area contributed by atoms with E-state index in [4.69, 9.17) is 4.74 Å². The maximum atomic E-state index is 12.2. The second-order valence-corrected chi connectivity index (χ2v) is 8.45. The zero-order chi connectivity index (χ0) is 23.8. The molecule has 0 aliphatic carbocycles. The zero-order valence-electron chi connectivity index (χ0n) is 19.5. The highest BCUT2D eigenvalue weighted by Gasteiger charge is 2.18. The molecule has 4 rings (SSSR count). The normalized spacial score (nSPS) is 14.1. The van der Waals surface area contributed by atoms with Crippen LogP contribution in [0.4, 0.5) is 11.4 Å².